The average molecular weight is 375 g/mol. The Morgan fingerprint density at radius 3 is 2.80 bits per heavy atom. The molecule has 0 spiro atoms. The van der Waals surface area contributed by atoms with Crippen LogP contribution in [0.5, 0.6) is 0 Å². The van der Waals surface area contributed by atoms with Gasteiger partial charge in [0.15, 0.2) is 6.61 Å². The molecule has 128 valence electrons. The first kappa shape index (κ1) is 17.4. The Bertz CT molecular complexity index is 945. The number of nitrogens with one attached hydrogen (secondary N) is 1. The molecule has 3 aromatic rings. The fraction of sp³-hybridized carbons (Fsp3) is 0.167. The Hall–Kier alpha value is -2.44. The fourth-order valence-corrected chi connectivity index (χ4v) is 3.53. The number of fused-ring (bicyclic) bond motifs is 1. The molecule has 7 heteroatoms. The van der Waals surface area contributed by atoms with Crippen LogP contribution in [0, 0.1) is 13.8 Å². The lowest BCUT2D eigenvalue weighted by Crippen LogP contribution is -2.21. The van der Waals surface area contributed by atoms with E-state index in [0.717, 1.165) is 21.3 Å². The summed E-state index contributed by atoms with van der Waals surface area (Å²) in [5.74, 6) is -1.00. The molecular formula is C18H15ClN2O3S. The number of hydrogen-bond donors (Lipinski definition) is 1. The Morgan fingerprint density at radius 2 is 2.04 bits per heavy atom. The highest BCUT2D eigenvalue weighted by Crippen LogP contribution is 2.27. The molecule has 3 rings (SSSR count). The van der Waals surface area contributed by atoms with Crippen LogP contribution in [0.15, 0.2) is 35.8 Å². The molecule has 1 aromatic heterocycles. The molecule has 2 aromatic carbocycles. The van der Waals surface area contributed by atoms with Crippen molar-refractivity contribution in [1.29, 1.82) is 0 Å². The van der Waals surface area contributed by atoms with E-state index in [4.69, 9.17) is 16.3 Å². The summed E-state index contributed by atoms with van der Waals surface area (Å²) in [5.41, 5.74) is 5.30. The van der Waals surface area contributed by atoms with Gasteiger partial charge in [-0.15, -0.1) is 11.3 Å². The van der Waals surface area contributed by atoms with E-state index in [1.165, 1.54) is 11.3 Å². The standard InChI is InChI=1S/C18H15ClN2O3S/c1-10-5-11(2)17(13(19)6-10)21-16(22)8-24-18(23)12-3-4-14-15(7-12)25-9-20-14/h3-7,9H,8H2,1-2H3,(H,21,22). The minimum Gasteiger partial charge on any atom is -0.452 e. The molecule has 0 unspecified atom stereocenters. The molecule has 1 heterocycles. The van der Waals surface area contributed by atoms with E-state index in [9.17, 15) is 9.59 Å². The van der Waals surface area contributed by atoms with E-state index in [1.54, 1.807) is 29.8 Å². The molecule has 0 aliphatic rings. The summed E-state index contributed by atoms with van der Waals surface area (Å²) in [6, 6.07) is 8.76. The average Bonchev–Trinajstić information content (AvgIpc) is 3.03. The van der Waals surface area contributed by atoms with Gasteiger partial charge in [0, 0.05) is 0 Å². The molecule has 0 bridgehead atoms. The topological polar surface area (TPSA) is 68.3 Å². The Kier molecular flexibility index (Phi) is 5.01. The molecule has 0 aliphatic carbocycles. The summed E-state index contributed by atoms with van der Waals surface area (Å²) < 4.78 is 5.97. The largest absolute Gasteiger partial charge is 0.452 e. The monoisotopic (exact) mass is 374 g/mol. The third-order valence-corrected chi connectivity index (χ3v) is 4.69. The van der Waals surface area contributed by atoms with Gasteiger partial charge in [-0.1, -0.05) is 17.7 Å². The normalized spacial score (nSPS) is 10.7. The second kappa shape index (κ2) is 7.21. The summed E-state index contributed by atoms with van der Waals surface area (Å²) in [6.07, 6.45) is 0. The molecule has 0 radical (unpaired) electrons. The molecule has 1 amide bonds. The van der Waals surface area contributed by atoms with Gasteiger partial charge in [-0.25, -0.2) is 9.78 Å². The Morgan fingerprint density at radius 1 is 1.24 bits per heavy atom. The predicted molar refractivity (Wildman–Crippen MR) is 99.5 cm³/mol. The molecule has 1 N–H and O–H groups in total. The van der Waals surface area contributed by atoms with E-state index < -0.39 is 11.9 Å². The van der Waals surface area contributed by atoms with Crippen molar-refractivity contribution in [3.8, 4) is 0 Å². The zero-order valence-corrected chi connectivity index (χ0v) is 15.2. The predicted octanol–water partition coefficient (Wildman–Crippen LogP) is 4.36. The summed E-state index contributed by atoms with van der Waals surface area (Å²) in [7, 11) is 0. The summed E-state index contributed by atoms with van der Waals surface area (Å²) in [6.45, 7) is 3.39. The maximum atomic E-state index is 12.1. The lowest BCUT2D eigenvalue weighted by molar-refractivity contribution is -0.119. The second-order valence-corrected chi connectivity index (χ2v) is 6.89. The van der Waals surface area contributed by atoms with Gasteiger partial charge >= 0.3 is 5.97 Å². The highest BCUT2D eigenvalue weighted by Gasteiger charge is 2.14. The summed E-state index contributed by atoms with van der Waals surface area (Å²) in [5, 5.41) is 3.13. The van der Waals surface area contributed by atoms with Crippen LogP contribution in [-0.2, 0) is 9.53 Å². The van der Waals surface area contributed by atoms with Crippen LogP contribution in [0.3, 0.4) is 0 Å². The van der Waals surface area contributed by atoms with Crippen molar-refractivity contribution < 1.29 is 14.3 Å². The second-order valence-electron chi connectivity index (χ2n) is 5.60. The Balaban J connectivity index is 1.63. The van der Waals surface area contributed by atoms with Crippen LogP contribution in [0.1, 0.15) is 21.5 Å². The van der Waals surface area contributed by atoms with Crippen LogP contribution in [0.2, 0.25) is 5.02 Å². The third kappa shape index (κ3) is 3.97. The van der Waals surface area contributed by atoms with Crippen molar-refractivity contribution in [2.75, 3.05) is 11.9 Å². The van der Waals surface area contributed by atoms with Crippen molar-refractivity contribution in [2.24, 2.45) is 0 Å². The lowest BCUT2D eigenvalue weighted by atomic mass is 10.1. The van der Waals surface area contributed by atoms with Crippen molar-refractivity contribution in [3.05, 3.63) is 57.6 Å². The molecule has 0 atom stereocenters. The molecule has 5 nitrogen and oxygen atoms in total. The first-order valence-electron chi connectivity index (χ1n) is 7.51. The van der Waals surface area contributed by atoms with Gasteiger partial charge in [0.05, 0.1) is 32.0 Å². The first-order valence-corrected chi connectivity index (χ1v) is 8.77. The highest BCUT2D eigenvalue weighted by atomic mass is 35.5. The summed E-state index contributed by atoms with van der Waals surface area (Å²) in [4.78, 5) is 28.3. The van der Waals surface area contributed by atoms with E-state index in [1.807, 2.05) is 19.9 Å². The van der Waals surface area contributed by atoms with E-state index in [0.29, 0.717) is 16.3 Å². The van der Waals surface area contributed by atoms with Crippen LogP contribution in [0.4, 0.5) is 5.69 Å². The smallest absolute Gasteiger partial charge is 0.338 e. The maximum Gasteiger partial charge on any atom is 0.338 e. The van der Waals surface area contributed by atoms with Gasteiger partial charge in [0.25, 0.3) is 5.91 Å². The van der Waals surface area contributed by atoms with Crippen molar-refractivity contribution >= 4 is 50.7 Å². The van der Waals surface area contributed by atoms with Gasteiger partial charge in [0.2, 0.25) is 0 Å². The summed E-state index contributed by atoms with van der Waals surface area (Å²) >= 11 is 7.59. The number of ether oxygens (including phenoxy) is 1. The van der Waals surface area contributed by atoms with Crippen molar-refractivity contribution in [1.82, 2.24) is 4.98 Å². The molecule has 25 heavy (non-hydrogen) atoms. The lowest BCUT2D eigenvalue weighted by Gasteiger charge is -2.11. The number of aromatic nitrogens is 1. The number of benzene rings is 2. The number of hydrogen-bond acceptors (Lipinski definition) is 5. The number of amides is 1. The quantitative estimate of drug-likeness (QED) is 0.689. The highest BCUT2D eigenvalue weighted by molar-refractivity contribution is 7.16. The van der Waals surface area contributed by atoms with Crippen LogP contribution in [0.25, 0.3) is 10.2 Å². The fourth-order valence-electron chi connectivity index (χ4n) is 2.45. The minimum atomic E-state index is -0.558. The number of carbonyl (C=O) groups excluding carboxylic acids is 2. The maximum absolute atomic E-state index is 12.1. The number of esters is 1. The number of aryl methyl sites for hydroxylation is 2. The number of anilines is 1. The van der Waals surface area contributed by atoms with E-state index in [2.05, 4.69) is 10.3 Å². The molecule has 0 fully saturated rings. The number of nitrogens with zero attached hydrogens (tertiary/aromatic N) is 1. The van der Waals surface area contributed by atoms with Crippen LogP contribution >= 0.6 is 22.9 Å². The number of carbonyl (C=O) groups is 2. The SMILES string of the molecule is Cc1cc(C)c(NC(=O)COC(=O)c2ccc3ncsc3c2)c(Cl)c1. The molecule has 0 aliphatic heterocycles. The van der Waals surface area contributed by atoms with Crippen molar-refractivity contribution in [3.63, 3.8) is 0 Å². The zero-order chi connectivity index (χ0) is 18.0. The zero-order valence-electron chi connectivity index (χ0n) is 13.6. The number of thiazole rings is 1. The van der Waals surface area contributed by atoms with Gasteiger partial charge in [-0.05, 0) is 49.2 Å². The van der Waals surface area contributed by atoms with Crippen LogP contribution in [-0.4, -0.2) is 23.5 Å². The molecule has 0 saturated carbocycles. The third-order valence-electron chi connectivity index (χ3n) is 3.60. The van der Waals surface area contributed by atoms with Gasteiger partial charge in [-0.2, -0.15) is 0 Å². The minimum absolute atomic E-state index is 0.383. The van der Waals surface area contributed by atoms with Crippen molar-refractivity contribution in [2.45, 2.75) is 13.8 Å². The number of halogens is 1. The van der Waals surface area contributed by atoms with Crippen LogP contribution < -0.4 is 5.32 Å². The first-order chi connectivity index (χ1) is 11.9. The van der Waals surface area contributed by atoms with Gasteiger partial charge in [-0.3, -0.25) is 4.79 Å². The van der Waals surface area contributed by atoms with Gasteiger partial charge < -0.3 is 10.1 Å². The van der Waals surface area contributed by atoms with Gasteiger partial charge in [0.1, 0.15) is 0 Å². The Labute approximate surface area is 153 Å². The number of rotatable bonds is 4. The molecule has 0 saturated heterocycles. The van der Waals surface area contributed by atoms with E-state index in [-0.39, 0.29) is 6.61 Å². The van der Waals surface area contributed by atoms with E-state index >= 15 is 0 Å². The molecular weight excluding hydrogens is 360 g/mol.